The number of halogens is 6. The highest BCUT2D eigenvalue weighted by atomic mass is 19.4. The molecule has 0 aliphatic carbocycles. The smallest absolute Gasteiger partial charge is 0.392 e. The fourth-order valence-corrected chi connectivity index (χ4v) is 1.76. The molecule has 0 bridgehead atoms. The molecule has 7 heteroatoms. The van der Waals surface area contributed by atoms with Crippen molar-refractivity contribution in [2.75, 3.05) is 0 Å². The predicted octanol–water partition coefficient (Wildman–Crippen LogP) is 3.78. The summed E-state index contributed by atoms with van der Waals surface area (Å²) >= 11 is 0. The third kappa shape index (κ3) is 2.77. The first-order chi connectivity index (χ1) is 8.12. The van der Waals surface area contributed by atoms with Crippen LogP contribution in [-0.2, 0) is 25.4 Å². The van der Waals surface area contributed by atoms with Crippen molar-refractivity contribution >= 4 is 0 Å². The second-order valence-electron chi connectivity index (χ2n) is 3.64. The number of aryl methyl sites for hydroxylation is 1. The fourth-order valence-electron chi connectivity index (χ4n) is 1.76. The first-order valence-corrected chi connectivity index (χ1v) is 5.03. The van der Waals surface area contributed by atoms with Crippen LogP contribution in [0.5, 0.6) is 0 Å². The van der Waals surface area contributed by atoms with Gasteiger partial charge in [-0.2, -0.15) is 26.3 Å². The van der Waals surface area contributed by atoms with Crippen LogP contribution in [0, 0.1) is 0 Å². The summed E-state index contributed by atoms with van der Waals surface area (Å²) in [4.78, 5) is 0. The van der Waals surface area contributed by atoms with Crippen molar-refractivity contribution in [3.63, 3.8) is 0 Å². The first-order valence-electron chi connectivity index (χ1n) is 5.03. The minimum Gasteiger partial charge on any atom is -0.392 e. The Labute approximate surface area is 99.0 Å². The molecule has 0 aromatic heterocycles. The Balaban J connectivity index is 3.71. The summed E-state index contributed by atoms with van der Waals surface area (Å²) in [6.07, 6.45) is -10.4. The maximum atomic E-state index is 12.8. The van der Waals surface area contributed by atoms with Crippen LogP contribution in [0.25, 0.3) is 0 Å². The van der Waals surface area contributed by atoms with E-state index in [1.165, 1.54) is 6.92 Å². The second kappa shape index (κ2) is 4.79. The molecule has 1 aromatic rings. The zero-order chi connectivity index (χ0) is 14.1. The van der Waals surface area contributed by atoms with Gasteiger partial charge >= 0.3 is 12.4 Å². The molecule has 0 spiro atoms. The predicted molar refractivity (Wildman–Crippen MR) is 51.7 cm³/mol. The topological polar surface area (TPSA) is 20.2 Å². The van der Waals surface area contributed by atoms with Crippen LogP contribution in [0.1, 0.15) is 29.2 Å². The van der Waals surface area contributed by atoms with Gasteiger partial charge in [-0.15, -0.1) is 0 Å². The summed E-state index contributed by atoms with van der Waals surface area (Å²) in [7, 11) is 0. The van der Waals surface area contributed by atoms with Crippen molar-refractivity contribution in [2.24, 2.45) is 0 Å². The summed E-state index contributed by atoms with van der Waals surface area (Å²) in [6, 6.07) is 1.83. The van der Waals surface area contributed by atoms with Gasteiger partial charge in [-0.1, -0.05) is 19.1 Å². The average Bonchev–Trinajstić information content (AvgIpc) is 2.24. The van der Waals surface area contributed by atoms with Gasteiger partial charge in [0.05, 0.1) is 17.7 Å². The van der Waals surface area contributed by atoms with Crippen molar-refractivity contribution < 1.29 is 31.4 Å². The number of rotatable bonds is 2. The number of aliphatic hydroxyl groups is 1. The highest BCUT2D eigenvalue weighted by molar-refractivity contribution is 5.44. The third-order valence-corrected chi connectivity index (χ3v) is 2.50. The van der Waals surface area contributed by atoms with E-state index in [-0.39, 0.29) is 6.42 Å². The SMILES string of the molecule is CCc1ccc(CO)c(C(F)(F)F)c1C(F)(F)F. The molecular weight excluding hydrogens is 262 g/mol. The standard InChI is InChI=1S/C11H10F6O/c1-2-6-3-4-7(5-18)9(11(15,16)17)8(6)10(12,13)14/h3-4,18H,2,5H2,1H3. The maximum Gasteiger partial charge on any atom is 0.417 e. The Morgan fingerprint density at radius 3 is 1.61 bits per heavy atom. The van der Waals surface area contributed by atoms with Gasteiger partial charge in [0.2, 0.25) is 0 Å². The van der Waals surface area contributed by atoms with Crippen LogP contribution in [0.3, 0.4) is 0 Å². The van der Waals surface area contributed by atoms with Crippen LogP contribution in [-0.4, -0.2) is 5.11 Å². The van der Waals surface area contributed by atoms with Crippen LogP contribution >= 0.6 is 0 Å². The Hall–Kier alpha value is -1.24. The van der Waals surface area contributed by atoms with E-state index in [4.69, 9.17) is 5.11 Å². The van der Waals surface area contributed by atoms with Crippen LogP contribution in [0.15, 0.2) is 12.1 Å². The van der Waals surface area contributed by atoms with E-state index in [2.05, 4.69) is 0 Å². The molecule has 0 aliphatic heterocycles. The van der Waals surface area contributed by atoms with Gasteiger partial charge in [0, 0.05) is 0 Å². The van der Waals surface area contributed by atoms with E-state index in [0.717, 1.165) is 12.1 Å². The van der Waals surface area contributed by atoms with Crippen molar-refractivity contribution in [2.45, 2.75) is 32.3 Å². The number of aliphatic hydroxyl groups excluding tert-OH is 1. The molecule has 0 aliphatic rings. The van der Waals surface area contributed by atoms with Crippen molar-refractivity contribution in [1.29, 1.82) is 0 Å². The molecule has 1 nitrogen and oxygen atoms in total. The van der Waals surface area contributed by atoms with Crippen molar-refractivity contribution in [1.82, 2.24) is 0 Å². The van der Waals surface area contributed by atoms with Gasteiger partial charge in [-0.25, -0.2) is 0 Å². The van der Waals surface area contributed by atoms with Gasteiger partial charge in [0.1, 0.15) is 0 Å². The van der Waals surface area contributed by atoms with Crippen LogP contribution < -0.4 is 0 Å². The Kier molecular flexibility index (Phi) is 3.95. The Morgan fingerprint density at radius 2 is 1.28 bits per heavy atom. The molecule has 0 radical (unpaired) electrons. The third-order valence-electron chi connectivity index (χ3n) is 2.50. The average molecular weight is 272 g/mol. The Bertz CT molecular complexity index is 391. The number of hydrogen-bond acceptors (Lipinski definition) is 1. The molecule has 1 rings (SSSR count). The lowest BCUT2D eigenvalue weighted by Gasteiger charge is -2.21. The lowest BCUT2D eigenvalue weighted by molar-refractivity contribution is -0.163. The summed E-state index contributed by atoms with van der Waals surface area (Å²) in [5.74, 6) is 0. The molecule has 0 amide bonds. The van der Waals surface area contributed by atoms with Gasteiger partial charge in [-0.05, 0) is 17.5 Å². The molecule has 0 saturated carbocycles. The highest BCUT2D eigenvalue weighted by Gasteiger charge is 2.45. The molecule has 0 unspecified atom stereocenters. The molecule has 102 valence electrons. The van der Waals surface area contributed by atoms with E-state index in [1.807, 2.05) is 0 Å². The van der Waals surface area contributed by atoms with Crippen LogP contribution in [0.4, 0.5) is 26.3 Å². The van der Waals surface area contributed by atoms with Crippen LogP contribution in [0.2, 0.25) is 0 Å². The number of hydrogen-bond donors (Lipinski definition) is 1. The summed E-state index contributed by atoms with van der Waals surface area (Å²) in [5, 5.41) is 8.77. The molecule has 0 heterocycles. The van der Waals surface area contributed by atoms with Crippen molar-refractivity contribution in [3.8, 4) is 0 Å². The molecule has 0 atom stereocenters. The largest absolute Gasteiger partial charge is 0.417 e. The summed E-state index contributed by atoms with van der Waals surface area (Å²) in [6.45, 7) is 0.241. The first kappa shape index (κ1) is 14.8. The van der Waals surface area contributed by atoms with Gasteiger partial charge in [0.15, 0.2) is 0 Å². The molecule has 0 fully saturated rings. The molecule has 1 aromatic carbocycles. The quantitative estimate of drug-likeness (QED) is 0.812. The van der Waals surface area contributed by atoms with E-state index in [0.29, 0.717) is 0 Å². The van der Waals surface area contributed by atoms with E-state index < -0.39 is 41.2 Å². The molecule has 0 saturated heterocycles. The minimum absolute atomic E-state index is 0.177. The molecule has 18 heavy (non-hydrogen) atoms. The zero-order valence-electron chi connectivity index (χ0n) is 9.28. The van der Waals surface area contributed by atoms with Gasteiger partial charge in [-0.3, -0.25) is 0 Å². The van der Waals surface area contributed by atoms with Crippen molar-refractivity contribution in [3.05, 3.63) is 34.4 Å². The highest BCUT2D eigenvalue weighted by Crippen LogP contribution is 2.44. The summed E-state index contributed by atoms with van der Waals surface area (Å²) < 4.78 is 76.5. The van der Waals surface area contributed by atoms with E-state index in [9.17, 15) is 26.3 Å². The van der Waals surface area contributed by atoms with Gasteiger partial charge < -0.3 is 5.11 Å². The second-order valence-corrected chi connectivity index (χ2v) is 3.64. The normalized spacial score (nSPS) is 12.9. The lowest BCUT2D eigenvalue weighted by Crippen LogP contribution is -2.21. The summed E-state index contributed by atoms with van der Waals surface area (Å²) in [5.41, 5.74) is -4.71. The van der Waals surface area contributed by atoms with Gasteiger partial charge in [0.25, 0.3) is 0 Å². The molecular formula is C11H10F6O. The van der Waals surface area contributed by atoms with E-state index >= 15 is 0 Å². The molecule has 1 N–H and O–H groups in total. The maximum absolute atomic E-state index is 12.8. The number of benzene rings is 1. The minimum atomic E-state index is -5.16. The Morgan fingerprint density at radius 1 is 0.889 bits per heavy atom. The fraction of sp³-hybridized carbons (Fsp3) is 0.455. The van der Waals surface area contributed by atoms with E-state index in [1.54, 1.807) is 0 Å². The lowest BCUT2D eigenvalue weighted by atomic mass is 9.94. The zero-order valence-corrected chi connectivity index (χ0v) is 9.28. The number of alkyl halides is 6. The monoisotopic (exact) mass is 272 g/mol.